The summed E-state index contributed by atoms with van der Waals surface area (Å²) < 4.78 is 15.3. The Morgan fingerprint density at radius 2 is 0.755 bits per heavy atom. The molecule has 254 valence electrons. The number of aromatic nitrogens is 3. The monoisotopic (exact) mass is 703 g/mol. The Balaban J connectivity index is 1.45. The molecule has 3 aliphatic heterocycles. The number of fused-ring (bicyclic) bond motifs is 11. The second kappa shape index (κ2) is 13.2. The molecular weight excluding hydrogens is 671 g/mol. The van der Waals surface area contributed by atoms with Crippen molar-refractivity contribution >= 4 is 56.1 Å². The molecule has 3 aromatic heterocycles. The zero-order valence-electron chi connectivity index (χ0n) is 28.8. The standard InChI is InChI=1S/C47H33N3O2S/c1-5-14-30(15-6-1)40-34-22-23-35(48-34)41(31-16-7-2-8-17-31)37-25-27-39(50-37)43(33-20-11-4-12-21-33)47-45-44(51-28-13-29-52-45)46(53-47)42(32-18-9-3-10-19-32)38-26-24-36(40)49-38/h1-12,14-27,48H,13,28-29H2. The molecule has 4 aromatic carbocycles. The number of H-pyrrole nitrogens is 1. The third-order valence-electron chi connectivity index (χ3n) is 9.84. The second-order valence-electron chi connectivity index (χ2n) is 13.2. The van der Waals surface area contributed by atoms with E-state index in [-0.39, 0.29) is 0 Å². The molecule has 0 amide bonds. The number of thiophene rings is 1. The molecule has 6 heteroatoms. The summed E-state index contributed by atoms with van der Waals surface area (Å²) in [7, 11) is 0. The molecule has 10 rings (SSSR count). The predicted molar refractivity (Wildman–Crippen MR) is 220 cm³/mol. The van der Waals surface area contributed by atoms with Gasteiger partial charge in [-0.15, -0.1) is 11.3 Å². The Bertz CT molecular complexity index is 2550. The van der Waals surface area contributed by atoms with Gasteiger partial charge in [-0.3, -0.25) is 0 Å². The number of hydrogen-bond acceptors (Lipinski definition) is 5. The summed E-state index contributed by atoms with van der Waals surface area (Å²) in [5.74, 6) is 1.51. The fourth-order valence-corrected chi connectivity index (χ4v) is 8.80. The number of benzene rings is 4. The van der Waals surface area contributed by atoms with Crippen molar-refractivity contribution in [3.8, 4) is 56.0 Å². The first kappa shape index (κ1) is 31.3. The molecular formula is C47H33N3O2S. The number of aromatic amines is 1. The second-order valence-corrected chi connectivity index (χ2v) is 14.2. The molecule has 0 unspecified atom stereocenters. The number of nitrogens with zero attached hydrogens (tertiary/aromatic N) is 2. The molecule has 0 atom stereocenters. The van der Waals surface area contributed by atoms with Gasteiger partial charge >= 0.3 is 0 Å². The number of ether oxygens (including phenoxy) is 2. The maximum absolute atomic E-state index is 6.67. The minimum absolute atomic E-state index is 0.563. The lowest BCUT2D eigenvalue weighted by atomic mass is 10.0. The Morgan fingerprint density at radius 1 is 0.415 bits per heavy atom. The van der Waals surface area contributed by atoms with Crippen LogP contribution in [-0.4, -0.2) is 28.2 Å². The third-order valence-corrected chi connectivity index (χ3v) is 11.0. The van der Waals surface area contributed by atoms with Crippen molar-refractivity contribution in [2.75, 3.05) is 13.2 Å². The SMILES string of the molecule is C1=Cc2nc1c(-c1ccccc1)c1ccc([nH]1)c(-c1ccccc1)c1nc(c(-c3ccccc3)c3sc(c4c3OCCCO4)c2-c2ccccc2)C=C1. The lowest BCUT2D eigenvalue weighted by molar-refractivity contribution is 0.298. The van der Waals surface area contributed by atoms with E-state index in [1.165, 1.54) is 0 Å². The van der Waals surface area contributed by atoms with Gasteiger partial charge in [0.25, 0.3) is 0 Å². The van der Waals surface area contributed by atoms with Crippen LogP contribution in [0.25, 0.3) is 89.2 Å². The highest BCUT2D eigenvalue weighted by atomic mass is 32.1. The van der Waals surface area contributed by atoms with Gasteiger partial charge < -0.3 is 14.5 Å². The summed E-state index contributed by atoms with van der Waals surface area (Å²) in [4.78, 5) is 14.7. The van der Waals surface area contributed by atoms with Crippen molar-refractivity contribution in [1.29, 1.82) is 0 Å². The van der Waals surface area contributed by atoms with Crippen LogP contribution in [-0.2, 0) is 0 Å². The number of hydrogen-bond donors (Lipinski definition) is 1. The van der Waals surface area contributed by atoms with E-state index in [9.17, 15) is 0 Å². The first-order valence-corrected chi connectivity index (χ1v) is 18.7. The van der Waals surface area contributed by atoms with E-state index in [1.807, 2.05) is 24.3 Å². The average molecular weight is 704 g/mol. The summed E-state index contributed by atoms with van der Waals surface area (Å²) >= 11 is 1.69. The largest absolute Gasteiger partial charge is 0.488 e. The number of nitrogens with one attached hydrogen (secondary N) is 1. The van der Waals surface area contributed by atoms with Gasteiger partial charge in [0.1, 0.15) is 0 Å². The molecule has 7 aromatic rings. The molecule has 0 saturated heterocycles. The summed E-state index contributed by atoms with van der Waals surface area (Å²) in [5.41, 5.74) is 13.8. The van der Waals surface area contributed by atoms with Gasteiger partial charge in [0, 0.05) is 39.7 Å². The van der Waals surface area contributed by atoms with E-state index >= 15 is 0 Å². The van der Waals surface area contributed by atoms with Crippen molar-refractivity contribution in [2.45, 2.75) is 6.42 Å². The van der Waals surface area contributed by atoms with Crippen LogP contribution < -0.4 is 9.47 Å². The van der Waals surface area contributed by atoms with E-state index in [2.05, 4.69) is 138 Å². The molecule has 0 spiro atoms. The van der Waals surface area contributed by atoms with E-state index < -0.39 is 0 Å². The molecule has 0 fully saturated rings. The van der Waals surface area contributed by atoms with Gasteiger partial charge in [-0.25, -0.2) is 9.97 Å². The van der Waals surface area contributed by atoms with Gasteiger partial charge in [0.2, 0.25) is 0 Å². The average Bonchev–Trinajstić information content (AvgIpc) is 4.02. The molecule has 0 radical (unpaired) electrons. The van der Waals surface area contributed by atoms with Crippen LogP contribution in [0.1, 0.15) is 29.2 Å². The highest BCUT2D eigenvalue weighted by molar-refractivity contribution is 7.25. The Kier molecular flexibility index (Phi) is 7.81. The molecule has 3 aliphatic rings. The third kappa shape index (κ3) is 5.55. The summed E-state index contributed by atoms with van der Waals surface area (Å²) in [5, 5.41) is 0. The van der Waals surface area contributed by atoms with Gasteiger partial charge in [0.05, 0.1) is 45.4 Å². The van der Waals surface area contributed by atoms with E-state index in [0.29, 0.717) is 13.2 Å². The van der Waals surface area contributed by atoms with Crippen LogP contribution in [0, 0.1) is 0 Å². The molecule has 1 N–H and O–H groups in total. The minimum Gasteiger partial charge on any atom is -0.488 e. The molecule has 5 nitrogen and oxygen atoms in total. The zero-order chi connectivity index (χ0) is 35.1. The van der Waals surface area contributed by atoms with Crippen molar-refractivity contribution in [2.24, 2.45) is 0 Å². The van der Waals surface area contributed by atoms with Crippen molar-refractivity contribution in [3.05, 3.63) is 156 Å². The number of rotatable bonds is 4. The first-order valence-electron chi connectivity index (χ1n) is 17.9. The highest BCUT2D eigenvalue weighted by Gasteiger charge is 2.27. The van der Waals surface area contributed by atoms with Crippen LogP contribution in [0.3, 0.4) is 0 Å². The minimum atomic E-state index is 0.563. The summed E-state index contributed by atoms with van der Waals surface area (Å²) in [6.07, 6.45) is 9.34. The van der Waals surface area contributed by atoms with Gasteiger partial charge in [-0.1, -0.05) is 121 Å². The van der Waals surface area contributed by atoms with Gasteiger partial charge in [-0.2, -0.15) is 0 Å². The quantitative estimate of drug-likeness (QED) is 0.198. The summed E-state index contributed by atoms with van der Waals surface area (Å²) in [6, 6.07) is 46.3. The Morgan fingerprint density at radius 3 is 1.13 bits per heavy atom. The van der Waals surface area contributed by atoms with E-state index in [0.717, 1.165) is 106 Å². The molecule has 0 aliphatic carbocycles. The fourth-order valence-electron chi connectivity index (χ4n) is 7.46. The smallest absolute Gasteiger partial charge is 0.180 e. The normalized spacial score (nSPS) is 13.2. The first-order chi connectivity index (χ1) is 26.3. The molecule has 6 heterocycles. The Hall–Kier alpha value is -6.50. The van der Waals surface area contributed by atoms with Crippen LogP contribution >= 0.6 is 11.3 Å². The fraction of sp³-hybridized carbons (Fsp3) is 0.0638. The van der Waals surface area contributed by atoms with Crippen molar-refractivity contribution < 1.29 is 9.47 Å². The van der Waals surface area contributed by atoms with Crippen molar-refractivity contribution in [3.63, 3.8) is 0 Å². The van der Waals surface area contributed by atoms with E-state index in [4.69, 9.17) is 19.4 Å². The lowest BCUT2D eigenvalue weighted by Gasteiger charge is -2.08. The van der Waals surface area contributed by atoms with Crippen LogP contribution in [0.5, 0.6) is 11.5 Å². The lowest BCUT2D eigenvalue weighted by Crippen LogP contribution is -1.98. The van der Waals surface area contributed by atoms with Crippen molar-refractivity contribution in [1.82, 2.24) is 15.0 Å². The zero-order valence-corrected chi connectivity index (χ0v) is 29.6. The van der Waals surface area contributed by atoms with Gasteiger partial charge in [0.15, 0.2) is 11.5 Å². The molecule has 53 heavy (non-hydrogen) atoms. The van der Waals surface area contributed by atoms with Crippen LogP contribution in [0.4, 0.5) is 0 Å². The topological polar surface area (TPSA) is 60.0 Å². The Labute approximate surface area is 311 Å². The maximum Gasteiger partial charge on any atom is 0.180 e. The van der Waals surface area contributed by atoms with E-state index in [1.54, 1.807) is 11.3 Å². The van der Waals surface area contributed by atoms with Crippen LogP contribution in [0.15, 0.2) is 133 Å². The molecule has 8 bridgehead atoms. The molecule has 0 saturated carbocycles. The van der Waals surface area contributed by atoms with Crippen LogP contribution in [0.2, 0.25) is 0 Å². The highest BCUT2D eigenvalue weighted by Crippen LogP contribution is 2.53. The summed E-state index contributed by atoms with van der Waals surface area (Å²) in [6.45, 7) is 1.13. The predicted octanol–water partition coefficient (Wildman–Crippen LogP) is 12.2. The maximum atomic E-state index is 6.67. The van der Waals surface area contributed by atoms with Gasteiger partial charge in [-0.05, 0) is 58.7 Å².